The number of nitrogens with one attached hydrogen (secondary N) is 2. The molecule has 0 bridgehead atoms. The maximum atomic E-state index is 13.4. The van der Waals surface area contributed by atoms with Crippen molar-refractivity contribution < 1.29 is 14.4 Å². The number of hydrogen-bond acceptors (Lipinski definition) is 4. The molecule has 1 aliphatic rings. The summed E-state index contributed by atoms with van der Waals surface area (Å²) in [5.74, 6) is -0.253. The van der Waals surface area contributed by atoms with Crippen LogP contribution in [-0.4, -0.2) is 72.8 Å². The van der Waals surface area contributed by atoms with E-state index in [0.717, 1.165) is 25.8 Å². The molecule has 172 valence electrons. The molecule has 1 rings (SSSR count). The molecule has 7 heteroatoms. The summed E-state index contributed by atoms with van der Waals surface area (Å²) >= 11 is 0. The highest BCUT2D eigenvalue weighted by Crippen LogP contribution is 2.19. The number of piperidine rings is 1. The highest BCUT2D eigenvalue weighted by molar-refractivity contribution is 5.93. The van der Waals surface area contributed by atoms with Crippen LogP contribution in [0.4, 0.5) is 0 Å². The molecular formula is C23H42N4O3. The average molecular weight is 423 g/mol. The SMILES string of the molecule is CCNC(=O)/C(C)=C/C(C(C)C)N(C)C(=O)C(NC(=O)[C@H]1CCCCN1C)C(C)C. The second-order valence-electron chi connectivity index (χ2n) is 9.12. The molecule has 0 aromatic heterocycles. The first-order chi connectivity index (χ1) is 14.0. The molecule has 0 radical (unpaired) electrons. The molecule has 0 spiro atoms. The minimum atomic E-state index is -0.600. The Labute approximate surface area is 182 Å². The molecule has 1 fully saturated rings. The van der Waals surface area contributed by atoms with Crippen LogP contribution in [0.25, 0.3) is 0 Å². The van der Waals surface area contributed by atoms with Crippen molar-refractivity contribution in [3.05, 3.63) is 11.6 Å². The molecule has 0 saturated carbocycles. The number of likely N-dealkylation sites (tertiary alicyclic amines) is 1. The number of likely N-dealkylation sites (N-methyl/N-ethyl adjacent to an activating group) is 3. The van der Waals surface area contributed by atoms with Gasteiger partial charge in [-0.1, -0.05) is 40.2 Å². The van der Waals surface area contributed by atoms with Gasteiger partial charge in [0.25, 0.3) is 0 Å². The molecule has 3 atom stereocenters. The zero-order chi connectivity index (χ0) is 23.0. The van der Waals surface area contributed by atoms with E-state index in [0.29, 0.717) is 12.1 Å². The van der Waals surface area contributed by atoms with E-state index in [9.17, 15) is 14.4 Å². The number of nitrogens with zero attached hydrogens (tertiary/aromatic N) is 2. The molecule has 2 unspecified atom stereocenters. The van der Waals surface area contributed by atoms with E-state index in [4.69, 9.17) is 0 Å². The summed E-state index contributed by atoms with van der Waals surface area (Å²) in [7, 11) is 3.72. The Hall–Kier alpha value is -1.89. The van der Waals surface area contributed by atoms with E-state index < -0.39 is 6.04 Å². The Bertz CT molecular complexity index is 630. The molecule has 0 aromatic rings. The molecule has 7 nitrogen and oxygen atoms in total. The molecule has 1 aliphatic heterocycles. The second-order valence-corrected chi connectivity index (χ2v) is 9.12. The topological polar surface area (TPSA) is 81.8 Å². The molecule has 0 aromatic carbocycles. The first-order valence-corrected chi connectivity index (χ1v) is 11.2. The lowest BCUT2D eigenvalue weighted by Crippen LogP contribution is -2.57. The van der Waals surface area contributed by atoms with Crippen LogP contribution < -0.4 is 10.6 Å². The van der Waals surface area contributed by atoms with Crippen LogP contribution in [0, 0.1) is 11.8 Å². The van der Waals surface area contributed by atoms with Gasteiger partial charge in [-0.25, -0.2) is 0 Å². The van der Waals surface area contributed by atoms with E-state index in [2.05, 4.69) is 15.5 Å². The Morgan fingerprint density at radius 3 is 2.27 bits per heavy atom. The van der Waals surface area contributed by atoms with Crippen LogP contribution in [-0.2, 0) is 14.4 Å². The zero-order valence-electron chi connectivity index (χ0n) is 20.1. The summed E-state index contributed by atoms with van der Waals surface area (Å²) in [5, 5.41) is 5.81. The summed E-state index contributed by atoms with van der Waals surface area (Å²) in [5.41, 5.74) is 0.587. The lowest BCUT2D eigenvalue weighted by molar-refractivity contribution is -0.139. The maximum Gasteiger partial charge on any atom is 0.246 e. The number of carbonyl (C=O) groups is 3. The third-order valence-corrected chi connectivity index (χ3v) is 5.90. The largest absolute Gasteiger partial charge is 0.353 e. The van der Waals surface area contributed by atoms with Gasteiger partial charge in [0, 0.05) is 19.2 Å². The van der Waals surface area contributed by atoms with Crippen molar-refractivity contribution in [1.29, 1.82) is 0 Å². The number of hydrogen-bond donors (Lipinski definition) is 2. The molecule has 0 aliphatic carbocycles. The van der Waals surface area contributed by atoms with Gasteiger partial charge in [0.15, 0.2) is 0 Å². The van der Waals surface area contributed by atoms with Gasteiger partial charge in [-0.15, -0.1) is 0 Å². The van der Waals surface area contributed by atoms with Crippen molar-refractivity contribution >= 4 is 17.7 Å². The van der Waals surface area contributed by atoms with Crippen molar-refractivity contribution in [2.45, 2.75) is 78.9 Å². The molecule has 1 saturated heterocycles. The van der Waals surface area contributed by atoms with E-state index in [-0.39, 0.29) is 41.6 Å². The average Bonchev–Trinajstić information content (AvgIpc) is 2.68. The minimum Gasteiger partial charge on any atom is -0.353 e. The quantitative estimate of drug-likeness (QED) is 0.558. The van der Waals surface area contributed by atoms with Crippen molar-refractivity contribution in [2.75, 3.05) is 27.2 Å². The van der Waals surface area contributed by atoms with Crippen LogP contribution in [0.5, 0.6) is 0 Å². The van der Waals surface area contributed by atoms with E-state index >= 15 is 0 Å². The first kappa shape index (κ1) is 26.1. The van der Waals surface area contributed by atoms with E-state index in [1.54, 1.807) is 18.9 Å². The van der Waals surface area contributed by atoms with Gasteiger partial charge in [0.2, 0.25) is 17.7 Å². The molecule has 3 amide bonds. The Morgan fingerprint density at radius 2 is 1.77 bits per heavy atom. The van der Waals surface area contributed by atoms with Gasteiger partial charge in [0.1, 0.15) is 6.04 Å². The van der Waals surface area contributed by atoms with Gasteiger partial charge in [-0.3, -0.25) is 19.3 Å². The van der Waals surface area contributed by atoms with Crippen molar-refractivity contribution in [2.24, 2.45) is 11.8 Å². The Kier molecular flexibility index (Phi) is 10.5. The van der Waals surface area contributed by atoms with Crippen molar-refractivity contribution in [3.8, 4) is 0 Å². The lowest BCUT2D eigenvalue weighted by atomic mass is 9.96. The van der Waals surface area contributed by atoms with Gasteiger partial charge in [0.05, 0.1) is 12.1 Å². The number of amides is 3. The van der Waals surface area contributed by atoms with Gasteiger partial charge in [-0.2, -0.15) is 0 Å². The van der Waals surface area contributed by atoms with Crippen LogP contribution in [0.3, 0.4) is 0 Å². The second kappa shape index (κ2) is 12.1. The van der Waals surface area contributed by atoms with E-state index in [1.807, 2.05) is 47.7 Å². The summed E-state index contributed by atoms with van der Waals surface area (Å²) < 4.78 is 0. The smallest absolute Gasteiger partial charge is 0.246 e. The monoisotopic (exact) mass is 422 g/mol. The van der Waals surface area contributed by atoms with Crippen LogP contribution in [0.2, 0.25) is 0 Å². The Morgan fingerprint density at radius 1 is 1.13 bits per heavy atom. The van der Waals surface area contributed by atoms with Gasteiger partial charge >= 0.3 is 0 Å². The minimum absolute atomic E-state index is 0.0425. The first-order valence-electron chi connectivity index (χ1n) is 11.2. The summed E-state index contributed by atoms with van der Waals surface area (Å²) in [6, 6.07) is -1.02. The van der Waals surface area contributed by atoms with Crippen molar-refractivity contribution in [1.82, 2.24) is 20.4 Å². The Balaban J connectivity index is 3.00. The fraction of sp³-hybridized carbons (Fsp3) is 0.783. The summed E-state index contributed by atoms with van der Waals surface area (Å²) in [6.07, 6.45) is 4.80. The molecule has 30 heavy (non-hydrogen) atoms. The van der Waals surface area contributed by atoms with Gasteiger partial charge < -0.3 is 15.5 Å². The molecule has 2 N–H and O–H groups in total. The maximum absolute atomic E-state index is 13.4. The fourth-order valence-electron chi connectivity index (χ4n) is 3.92. The lowest BCUT2D eigenvalue weighted by Gasteiger charge is -2.36. The highest BCUT2D eigenvalue weighted by atomic mass is 16.2. The van der Waals surface area contributed by atoms with Crippen LogP contribution in [0.1, 0.15) is 60.8 Å². The van der Waals surface area contributed by atoms with Gasteiger partial charge in [-0.05, 0) is 52.1 Å². The molecular weight excluding hydrogens is 380 g/mol. The highest BCUT2D eigenvalue weighted by Gasteiger charge is 2.34. The van der Waals surface area contributed by atoms with Crippen molar-refractivity contribution in [3.63, 3.8) is 0 Å². The predicted octanol–water partition coefficient (Wildman–Crippen LogP) is 2.18. The summed E-state index contributed by atoms with van der Waals surface area (Å²) in [4.78, 5) is 42.2. The summed E-state index contributed by atoms with van der Waals surface area (Å²) in [6.45, 7) is 13.0. The third-order valence-electron chi connectivity index (χ3n) is 5.90. The standard InChI is InChI=1S/C23H42N4O3/c1-9-24-21(28)17(6)14-19(15(2)3)27(8)23(30)20(16(4)5)25-22(29)18-12-10-11-13-26(18)7/h14-16,18-20H,9-13H2,1-8H3,(H,24,28)(H,25,29)/b17-14+/t18-,19?,20?/m1/s1. The van der Waals surface area contributed by atoms with Crippen LogP contribution >= 0.6 is 0 Å². The number of rotatable bonds is 9. The fourth-order valence-corrected chi connectivity index (χ4v) is 3.92. The molecule has 1 heterocycles. The number of carbonyl (C=O) groups excluding carboxylic acids is 3. The predicted molar refractivity (Wildman–Crippen MR) is 121 cm³/mol. The normalized spacial score (nSPS) is 20.1. The van der Waals surface area contributed by atoms with E-state index in [1.165, 1.54) is 0 Å². The zero-order valence-corrected chi connectivity index (χ0v) is 20.1. The van der Waals surface area contributed by atoms with Crippen LogP contribution in [0.15, 0.2) is 11.6 Å². The third kappa shape index (κ3) is 7.11.